The van der Waals surface area contributed by atoms with Crippen LogP contribution in [0.4, 0.5) is 10.8 Å². The molecule has 0 radical (unpaired) electrons. The molecule has 13 nitrogen and oxygen atoms in total. The molecule has 3 N–H and O–H groups in total. The first-order chi connectivity index (χ1) is 16.0. The molecule has 0 saturated heterocycles. The fourth-order valence-corrected chi connectivity index (χ4v) is 3.58. The first-order valence-electron chi connectivity index (χ1n) is 9.78. The fourth-order valence-electron chi connectivity index (χ4n) is 2.82. The lowest BCUT2D eigenvalue weighted by Crippen LogP contribution is -2.31. The fraction of sp³-hybridized carbons (Fsp3) is 0.421. The van der Waals surface area contributed by atoms with Gasteiger partial charge in [0.2, 0.25) is 16.0 Å². The van der Waals surface area contributed by atoms with E-state index in [1.54, 1.807) is 10.9 Å². The van der Waals surface area contributed by atoms with Gasteiger partial charge in [0.25, 0.3) is 5.91 Å². The van der Waals surface area contributed by atoms with E-state index in [-0.39, 0.29) is 54.8 Å². The van der Waals surface area contributed by atoms with Crippen molar-refractivity contribution < 1.29 is 28.5 Å². The van der Waals surface area contributed by atoms with Crippen molar-refractivity contribution in [2.24, 2.45) is 0 Å². The number of carbonyl (C=O) groups excluding carboxylic acids is 1. The molecule has 0 spiro atoms. The smallest absolute Gasteiger partial charge is 0.381 e. The molecule has 0 fully saturated rings. The Bertz CT molecular complexity index is 1120. The highest BCUT2D eigenvalue weighted by molar-refractivity contribution is 7.17. The van der Waals surface area contributed by atoms with Gasteiger partial charge in [0.1, 0.15) is 6.61 Å². The Balaban J connectivity index is 1.85. The van der Waals surface area contributed by atoms with Gasteiger partial charge in [-0.05, 0) is 13.0 Å². The number of aliphatic hydroxyl groups is 1. The second-order valence-corrected chi connectivity index (χ2v) is 7.65. The Morgan fingerprint density at radius 3 is 2.70 bits per heavy atom. The van der Waals surface area contributed by atoms with Gasteiger partial charge in [-0.3, -0.25) is 10.1 Å². The third kappa shape index (κ3) is 6.13. The number of aliphatic hydroxyl groups excluding tert-OH is 1. The molecule has 33 heavy (non-hydrogen) atoms. The predicted octanol–water partition coefficient (Wildman–Crippen LogP) is 0.682. The van der Waals surface area contributed by atoms with Gasteiger partial charge in [0.05, 0.1) is 31.5 Å². The van der Waals surface area contributed by atoms with E-state index in [1.807, 2.05) is 13.0 Å². The molecule has 14 heteroatoms. The normalized spacial score (nSPS) is 11.1. The zero-order valence-electron chi connectivity index (χ0n) is 18.2. The van der Waals surface area contributed by atoms with Crippen LogP contribution in [0.2, 0.25) is 0 Å². The number of hydrogen-bond acceptors (Lipinski definition) is 12. The summed E-state index contributed by atoms with van der Waals surface area (Å²) in [5.41, 5.74) is 0.150. The Morgan fingerprint density at radius 2 is 2.06 bits per heavy atom. The molecular formula is C19H24N6O7S. The molecule has 0 bridgehead atoms. The Morgan fingerprint density at radius 1 is 1.30 bits per heavy atom. The number of nitrogens with one attached hydrogen (secondary N) is 2. The SMILES string of the molecule is COCC(COC)Nc1cc(C(=O)Nc2nnc(-n3nccc3C)s2)oc(=O)c1OCCO. The average Bonchev–Trinajstić information content (AvgIpc) is 3.42. The van der Waals surface area contributed by atoms with Crippen LogP contribution < -0.4 is 21.0 Å². The highest BCUT2D eigenvalue weighted by atomic mass is 32.1. The van der Waals surface area contributed by atoms with Gasteiger partial charge < -0.3 is 29.1 Å². The van der Waals surface area contributed by atoms with Crippen LogP contribution in [0.25, 0.3) is 5.13 Å². The number of ether oxygens (including phenoxy) is 3. The number of rotatable bonds is 12. The Labute approximate surface area is 192 Å². The highest BCUT2D eigenvalue weighted by Gasteiger charge is 2.21. The monoisotopic (exact) mass is 480 g/mol. The molecule has 0 unspecified atom stereocenters. The Kier molecular flexibility index (Phi) is 8.48. The van der Waals surface area contributed by atoms with E-state index in [0.717, 1.165) is 17.0 Å². The van der Waals surface area contributed by atoms with Crippen molar-refractivity contribution in [3.63, 3.8) is 0 Å². The maximum absolute atomic E-state index is 12.8. The van der Waals surface area contributed by atoms with E-state index in [9.17, 15) is 9.59 Å². The summed E-state index contributed by atoms with van der Waals surface area (Å²) in [5.74, 6) is -1.16. The van der Waals surface area contributed by atoms with Crippen LogP contribution in [-0.4, -0.2) is 77.7 Å². The molecule has 0 aromatic carbocycles. The van der Waals surface area contributed by atoms with Crippen molar-refractivity contribution in [1.82, 2.24) is 20.0 Å². The predicted molar refractivity (Wildman–Crippen MR) is 118 cm³/mol. The number of amides is 1. The van der Waals surface area contributed by atoms with Crippen molar-refractivity contribution in [2.45, 2.75) is 13.0 Å². The lowest BCUT2D eigenvalue weighted by Gasteiger charge is -2.20. The zero-order valence-corrected chi connectivity index (χ0v) is 19.0. The second kappa shape index (κ2) is 11.5. The minimum absolute atomic E-state index is 0.134. The van der Waals surface area contributed by atoms with Gasteiger partial charge >= 0.3 is 5.63 Å². The van der Waals surface area contributed by atoms with Crippen molar-refractivity contribution in [3.05, 3.63) is 40.2 Å². The minimum Gasteiger partial charge on any atom is -0.483 e. The number of nitrogens with zero attached hydrogens (tertiary/aromatic N) is 4. The average molecular weight is 481 g/mol. The van der Waals surface area contributed by atoms with E-state index in [2.05, 4.69) is 25.9 Å². The summed E-state index contributed by atoms with van der Waals surface area (Å²) in [6.07, 6.45) is 1.62. The topological polar surface area (TPSA) is 163 Å². The van der Waals surface area contributed by atoms with Gasteiger partial charge in [-0.2, -0.15) is 5.10 Å². The summed E-state index contributed by atoms with van der Waals surface area (Å²) >= 11 is 1.10. The first-order valence-corrected chi connectivity index (χ1v) is 10.6. The van der Waals surface area contributed by atoms with Crippen LogP contribution in [-0.2, 0) is 9.47 Å². The summed E-state index contributed by atoms with van der Waals surface area (Å²) < 4.78 is 22.3. The highest BCUT2D eigenvalue weighted by Crippen LogP contribution is 2.25. The molecule has 3 heterocycles. The van der Waals surface area contributed by atoms with Crippen LogP contribution in [0.1, 0.15) is 16.2 Å². The third-order valence-corrected chi connectivity index (χ3v) is 5.03. The van der Waals surface area contributed by atoms with E-state index >= 15 is 0 Å². The number of carbonyl (C=O) groups is 1. The van der Waals surface area contributed by atoms with Crippen LogP contribution in [0.3, 0.4) is 0 Å². The molecule has 1 amide bonds. The molecule has 0 aliphatic rings. The molecule has 3 aromatic heterocycles. The van der Waals surface area contributed by atoms with Gasteiger partial charge in [0, 0.05) is 32.2 Å². The van der Waals surface area contributed by atoms with E-state index in [4.69, 9.17) is 23.7 Å². The Hall–Kier alpha value is -3.33. The standard InChI is InChI=1S/C19H24N6O7S/c1-11-4-5-20-25(11)19-24-23-18(33-19)22-16(27)14-8-13(21-12(9-29-2)10-30-3)15(17(28)32-14)31-7-6-26/h4-5,8,12,21,26H,6-7,9-10H2,1-3H3,(H,22,23,27). The largest absolute Gasteiger partial charge is 0.483 e. The molecule has 178 valence electrons. The second-order valence-electron chi connectivity index (χ2n) is 6.69. The van der Waals surface area contributed by atoms with Crippen molar-refractivity contribution >= 4 is 28.1 Å². The van der Waals surface area contributed by atoms with Gasteiger partial charge in [-0.25, -0.2) is 9.48 Å². The molecule has 3 rings (SSSR count). The van der Waals surface area contributed by atoms with Crippen molar-refractivity contribution in [3.8, 4) is 10.9 Å². The maximum Gasteiger partial charge on any atom is 0.381 e. The number of hydrogen-bond donors (Lipinski definition) is 3. The number of anilines is 2. The number of aromatic nitrogens is 4. The summed E-state index contributed by atoms with van der Waals surface area (Å²) in [7, 11) is 3.04. The van der Waals surface area contributed by atoms with E-state index < -0.39 is 11.5 Å². The third-order valence-electron chi connectivity index (χ3n) is 4.21. The van der Waals surface area contributed by atoms with E-state index in [0.29, 0.717) is 5.13 Å². The van der Waals surface area contributed by atoms with Crippen LogP contribution >= 0.6 is 11.3 Å². The molecule has 3 aromatic rings. The quantitative estimate of drug-likeness (QED) is 0.334. The number of aryl methyl sites for hydroxylation is 1. The maximum atomic E-state index is 12.8. The van der Waals surface area contributed by atoms with Gasteiger partial charge in [-0.1, -0.05) is 11.3 Å². The van der Waals surface area contributed by atoms with Crippen molar-refractivity contribution in [1.29, 1.82) is 0 Å². The molecule has 0 aliphatic heterocycles. The van der Waals surface area contributed by atoms with Crippen LogP contribution in [0, 0.1) is 6.92 Å². The molecule has 0 saturated carbocycles. The number of methoxy groups -OCH3 is 2. The summed E-state index contributed by atoms with van der Waals surface area (Å²) in [4.78, 5) is 25.3. The minimum atomic E-state index is -0.891. The molecule has 0 aliphatic carbocycles. The lowest BCUT2D eigenvalue weighted by atomic mass is 10.2. The molecular weight excluding hydrogens is 456 g/mol. The lowest BCUT2D eigenvalue weighted by molar-refractivity contribution is 0.0990. The van der Waals surface area contributed by atoms with Gasteiger partial charge in [0.15, 0.2) is 5.76 Å². The molecule has 0 atom stereocenters. The summed E-state index contributed by atoms with van der Waals surface area (Å²) in [6.45, 7) is 1.93. The van der Waals surface area contributed by atoms with Crippen LogP contribution in [0.5, 0.6) is 5.75 Å². The van der Waals surface area contributed by atoms with Gasteiger partial charge in [-0.15, -0.1) is 10.2 Å². The van der Waals surface area contributed by atoms with E-state index in [1.165, 1.54) is 20.3 Å². The summed E-state index contributed by atoms with van der Waals surface area (Å²) in [6, 6.07) is 2.78. The zero-order chi connectivity index (χ0) is 23.8. The van der Waals surface area contributed by atoms with Crippen LogP contribution in [0.15, 0.2) is 27.5 Å². The summed E-state index contributed by atoms with van der Waals surface area (Å²) in [5, 5.41) is 27.4. The first kappa shape index (κ1) is 24.3. The van der Waals surface area contributed by atoms with Crippen molar-refractivity contribution in [2.75, 3.05) is 51.3 Å².